The molecule has 0 aliphatic carbocycles. The van der Waals surface area contributed by atoms with Crippen LogP contribution < -0.4 is 4.90 Å². The number of hydrogen-bond donors (Lipinski definition) is 1. The van der Waals surface area contributed by atoms with Gasteiger partial charge in [0, 0.05) is 41.5 Å². The number of amides is 1. The van der Waals surface area contributed by atoms with Gasteiger partial charge in [-0.2, -0.15) is 0 Å². The van der Waals surface area contributed by atoms with Crippen molar-refractivity contribution in [1.82, 2.24) is 19.7 Å². The third-order valence-corrected chi connectivity index (χ3v) is 7.31. The summed E-state index contributed by atoms with van der Waals surface area (Å²) in [6.07, 6.45) is 4.19. The smallest absolute Gasteiger partial charge is 0.240 e. The zero-order chi connectivity index (χ0) is 23.5. The maximum atomic E-state index is 13.4. The van der Waals surface area contributed by atoms with E-state index in [-0.39, 0.29) is 17.3 Å². The Bertz CT molecular complexity index is 1260. The van der Waals surface area contributed by atoms with Crippen LogP contribution in [0.5, 0.6) is 0 Å². The maximum absolute atomic E-state index is 13.4. The molecule has 1 aliphatic heterocycles. The number of aromatic amines is 1. The average Bonchev–Trinajstić information content (AvgIpc) is 3.61. The molecule has 8 heteroatoms. The van der Waals surface area contributed by atoms with Crippen LogP contribution in [0, 0.1) is 0 Å². The fourth-order valence-corrected chi connectivity index (χ4v) is 5.41. The van der Waals surface area contributed by atoms with Gasteiger partial charge in [0.1, 0.15) is 0 Å². The minimum absolute atomic E-state index is 0.0546. The lowest BCUT2D eigenvalue weighted by Gasteiger charge is -2.24. The highest BCUT2D eigenvalue weighted by Gasteiger charge is 2.27. The van der Waals surface area contributed by atoms with Crippen molar-refractivity contribution in [2.24, 2.45) is 0 Å². The van der Waals surface area contributed by atoms with Gasteiger partial charge in [0.25, 0.3) is 0 Å². The highest BCUT2D eigenvalue weighted by Crippen LogP contribution is 2.33. The number of rotatable bonds is 8. The molecule has 3 heterocycles. The summed E-state index contributed by atoms with van der Waals surface area (Å²) in [5.41, 5.74) is 2.97. The summed E-state index contributed by atoms with van der Waals surface area (Å²) in [7, 11) is 0. The number of nitrogens with one attached hydrogen (secondary N) is 1. The Morgan fingerprint density at radius 2 is 2.00 bits per heavy atom. The Morgan fingerprint density at radius 3 is 2.76 bits per heavy atom. The molecule has 2 unspecified atom stereocenters. The summed E-state index contributed by atoms with van der Waals surface area (Å²) in [6.45, 7) is 6.00. The first-order valence-corrected chi connectivity index (χ1v) is 12.7. The fraction of sp³-hybridized carbons (Fsp3) is 0.346. The Labute approximate surface area is 203 Å². The Hall–Kier alpha value is -3.10. The summed E-state index contributed by atoms with van der Waals surface area (Å²) >= 11 is 1.46. The number of ether oxygens (including phenoxy) is 1. The van der Waals surface area contributed by atoms with Gasteiger partial charge in [0.2, 0.25) is 5.91 Å². The second kappa shape index (κ2) is 10.0. The van der Waals surface area contributed by atoms with Crippen LogP contribution >= 0.6 is 11.8 Å². The van der Waals surface area contributed by atoms with E-state index in [0.29, 0.717) is 13.1 Å². The number of nitrogens with zero attached hydrogens (tertiary/aromatic N) is 4. The van der Waals surface area contributed by atoms with E-state index in [4.69, 9.17) is 4.74 Å². The molecule has 2 aromatic carbocycles. The minimum Gasteiger partial charge on any atom is -0.376 e. The standard InChI is InChI=1S/C26H29N5O2S/c1-3-30(19-10-5-4-6-11-19)25(32)18(2)34-26-29-28-24(31(26)17-20-12-9-15-33-20)22-16-27-23-14-8-7-13-21(22)23/h4-8,10-11,13-14,16,18,20,27H,3,9,12,15,17H2,1-2H3. The molecule has 176 valence electrons. The number of anilines is 1. The van der Waals surface area contributed by atoms with Crippen molar-refractivity contribution in [2.45, 2.75) is 49.7 Å². The van der Waals surface area contributed by atoms with Crippen LogP contribution in [0.2, 0.25) is 0 Å². The highest BCUT2D eigenvalue weighted by molar-refractivity contribution is 8.00. The van der Waals surface area contributed by atoms with Crippen LogP contribution in [-0.4, -0.2) is 50.2 Å². The fourth-order valence-electron chi connectivity index (χ4n) is 4.49. The second-order valence-corrected chi connectivity index (χ2v) is 9.79. The lowest BCUT2D eigenvalue weighted by molar-refractivity contribution is -0.117. The molecule has 5 rings (SSSR count). The Kier molecular flexibility index (Phi) is 6.69. The molecular formula is C26H29N5O2S. The lowest BCUT2D eigenvalue weighted by Crippen LogP contribution is -2.36. The first-order valence-electron chi connectivity index (χ1n) is 11.8. The summed E-state index contributed by atoms with van der Waals surface area (Å²) in [5, 5.41) is 10.6. The van der Waals surface area contributed by atoms with Crippen LogP contribution in [0.25, 0.3) is 22.3 Å². The van der Waals surface area contributed by atoms with Crippen molar-refractivity contribution in [2.75, 3.05) is 18.1 Å². The molecule has 2 atom stereocenters. The van der Waals surface area contributed by atoms with Gasteiger partial charge in [-0.25, -0.2) is 0 Å². The zero-order valence-electron chi connectivity index (χ0n) is 19.5. The number of aromatic nitrogens is 4. The number of benzene rings is 2. The molecule has 2 aromatic heterocycles. The molecule has 34 heavy (non-hydrogen) atoms. The van der Waals surface area contributed by atoms with E-state index in [1.165, 1.54) is 11.8 Å². The summed E-state index contributed by atoms with van der Waals surface area (Å²) in [5.74, 6) is 0.851. The first-order chi connectivity index (χ1) is 16.7. The topological polar surface area (TPSA) is 76.0 Å². The lowest BCUT2D eigenvalue weighted by atomic mass is 10.1. The van der Waals surface area contributed by atoms with Crippen LogP contribution in [-0.2, 0) is 16.1 Å². The molecule has 1 fully saturated rings. The van der Waals surface area contributed by atoms with Crippen molar-refractivity contribution < 1.29 is 9.53 Å². The van der Waals surface area contributed by atoms with Gasteiger partial charge in [-0.15, -0.1) is 10.2 Å². The molecule has 0 saturated carbocycles. The number of hydrogen-bond acceptors (Lipinski definition) is 5. The first kappa shape index (κ1) is 22.7. The van der Waals surface area contributed by atoms with Gasteiger partial charge in [-0.1, -0.05) is 48.2 Å². The molecule has 4 aromatic rings. The molecule has 1 aliphatic rings. The highest BCUT2D eigenvalue weighted by atomic mass is 32.2. The van der Waals surface area contributed by atoms with Crippen molar-refractivity contribution in [1.29, 1.82) is 0 Å². The molecule has 1 saturated heterocycles. The van der Waals surface area contributed by atoms with Gasteiger partial charge < -0.3 is 14.6 Å². The van der Waals surface area contributed by atoms with E-state index in [0.717, 1.165) is 52.6 Å². The molecular weight excluding hydrogens is 446 g/mol. The number of carbonyl (C=O) groups excluding carboxylic acids is 1. The summed E-state index contributed by atoms with van der Waals surface area (Å²) in [4.78, 5) is 18.5. The molecule has 7 nitrogen and oxygen atoms in total. The van der Waals surface area contributed by atoms with Crippen molar-refractivity contribution in [3.63, 3.8) is 0 Å². The van der Waals surface area contributed by atoms with Gasteiger partial charge in [0.05, 0.1) is 17.9 Å². The molecule has 0 bridgehead atoms. The van der Waals surface area contributed by atoms with Gasteiger partial charge in [0.15, 0.2) is 11.0 Å². The summed E-state index contributed by atoms with van der Waals surface area (Å²) in [6, 6.07) is 18.0. The molecule has 1 N–H and O–H groups in total. The molecule has 1 amide bonds. The Balaban J connectivity index is 1.45. The zero-order valence-corrected chi connectivity index (χ0v) is 20.3. The SMILES string of the molecule is CCN(C(=O)C(C)Sc1nnc(-c2c[nH]c3ccccc23)n1CC1CCCO1)c1ccccc1. The number of fused-ring (bicyclic) bond motifs is 1. The summed E-state index contributed by atoms with van der Waals surface area (Å²) < 4.78 is 8.06. The second-order valence-electron chi connectivity index (χ2n) is 8.48. The van der Waals surface area contributed by atoms with E-state index < -0.39 is 0 Å². The van der Waals surface area contributed by atoms with Gasteiger partial charge in [-0.05, 0) is 44.9 Å². The van der Waals surface area contributed by atoms with Crippen LogP contribution in [0.1, 0.15) is 26.7 Å². The van der Waals surface area contributed by atoms with Crippen molar-refractivity contribution in [3.8, 4) is 11.4 Å². The predicted octanol–water partition coefficient (Wildman–Crippen LogP) is 5.14. The minimum atomic E-state index is -0.316. The largest absolute Gasteiger partial charge is 0.376 e. The maximum Gasteiger partial charge on any atom is 0.240 e. The van der Waals surface area contributed by atoms with Crippen molar-refractivity contribution >= 4 is 34.3 Å². The van der Waals surface area contributed by atoms with Crippen LogP contribution in [0.15, 0.2) is 66.0 Å². The van der Waals surface area contributed by atoms with E-state index in [1.54, 1.807) is 0 Å². The third-order valence-electron chi connectivity index (χ3n) is 6.24. The van der Waals surface area contributed by atoms with E-state index >= 15 is 0 Å². The van der Waals surface area contributed by atoms with Gasteiger partial charge >= 0.3 is 0 Å². The predicted molar refractivity (Wildman–Crippen MR) is 136 cm³/mol. The normalized spacial score (nSPS) is 16.7. The van der Waals surface area contributed by atoms with Gasteiger partial charge in [-0.3, -0.25) is 9.36 Å². The Morgan fingerprint density at radius 1 is 1.21 bits per heavy atom. The van der Waals surface area contributed by atoms with Crippen LogP contribution in [0.4, 0.5) is 5.69 Å². The number of thioether (sulfide) groups is 1. The molecule has 0 radical (unpaired) electrons. The average molecular weight is 476 g/mol. The van der Waals surface area contributed by atoms with E-state index in [9.17, 15) is 4.79 Å². The van der Waals surface area contributed by atoms with E-state index in [2.05, 4.69) is 31.9 Å². The van der Waals surface area contributed by atoms with Crippen molar-refractivity contribution in [3.05, 3.63) is 60.8 Å². The number of carbonyl (C=O) groups is 1. The van der Waals surface area contributed by atoms with E-state index in [1.807, 2.05) is 67.4 Å². The quantitative estimate of drug-likeness (QED) is 0.357. The van der Waals surface area contributed by atoms with Crippen LogP contribution in [0.3, 0.4) is 0 Å². The third kappa shape index (κ3) is 4.48. The molecule has 0 spiro atoms. The number of para-hydroxylation sites is 2. The number of H-pyrrole nitrogens is 1. The monoisotopic (exact) mass is 475 g/mol.